The van der Waals surface area contributed by atoms with Gasteiger partial charge in [-0.05, 0) is 6.92 Å². The van der Waals surface area contributed by atoms with Crippen molar-refractivity contribution in [2.24, 2.45) is 0 Å². The molecule has 0 radical (unpaired) electrons. The second-order valence-electron chi connectivity index (χ2n) is 3.78. The third-order valence-corrected chi connectivity index (χ3v) is 2.07. The second kappa shape index (κ2) is 5.65. The minimum absolute atomic E-state index is 0.111. The normalized spacial score (nSPS) is 13.9. The van der Waals surface area contributed by atoms with Crippen LogP contribution in [0.2, 0.25) is 0 Å². The van der Waals surface area contributed by atoms with E-state index in [1.54, 1.807) is 0 Å². The standard InChI is InChI=1S/C10H17N3O4/c1-10(15,6-14)5-11-9-12-7(16-2)4-8(13-9)17-3/h4,14-15H,5-6H2,1-3H3,(H,11,12,13). The van der Waals surface area contributed by atoms with Crippen LogP contribution in [0.25, 0.3) is 0 Å². The van der Waals surface area contributed by atoms with Gasteiger partial charge in [0.1, 0.15) is 5.60 Å². The number of ether oxygens (including phenoxy) is 2. The lowest BCUT2D eigenvalue weighted by Gasteiger charge is -2.20. The number of hydrogen-bond donors (Lipinski definition) is 3. The SMILES string of the molecule is COc1cc(OC)nc(NCC(C)(O)CO)n1. The Bertz CT molecular complexity index is 348. The van der Waals surface area contributed by atoms with Crippen molar-refractivity contribution in [3.05, 3.63) is 6.07 Å². The third-order valence-electron chi connectivity index (χ3n) is 2.07. The molecule has 0 bridgehead atoms. The molecule has 7 heteroatoms. The average molecular weight is 243 g/mol. The zero-order chi connectivity index (χ0) is 12.9. The zero-order valence-electron chi connectivity index (χ0n) is 10.1. The van der Waals surface area contributed by atoms with Crippen molar-refractivity contribution in [1.82, 2.24) is 9.97 Å². The van der Waals surface area contributed by atoms with Gasteiger partial charge in [0.05, 0.1) is 26.9 Å². The summed E-state index contributed by atoms with van der Waals surface area (Å²) < 4.78 is 9.95. The van der Waals surface area contributed by atoms with Gasteiger partial charge in [0, 0.05) is 6.54 Å². The molecule has 96 valence electrons. The first kappa shape index (κ1) is 13.5. The molecule has 0 aliphatic rings. The van der Waals surface area contributed by atoms with Crippen LogP contribution in [0, 0.1) is 0 Å². The Balaban J connectivity index is 2.76. The van der Waals surface area contributed by atoms with E-state index in [1.807, 2.05) is 0 Å². The van der Waals surface area contributed by atoms with Crippen LogP contribution in [-0.4, -0.2) is 53.2 Å². The lowest BCUT2D eigenvalue weighted by molar-refractivity contribution is 0.0131. The lowest BCUT2D eigenvalue weighted by Crippen LogP contribution is -2.37. The molecule has 0 spiro atoms. The molecule has 0 aromatic carbocycles. The predicted octanol–water partition coefficient (Wildman–Crippen LogP) is -0.351. The molecule has 0 saturated carbocycles. The molecule has 0 saturated heterocycles. The average Bonchev–Trinajstić information content (AvgIpc) is 2.36. The smallest absolute Gasteiger partial charge is 0.229 e. The van der Waals surface area contributed by atoms with Crippen molar-refractivity contribution in [3.63, 3.8) is 0 Å². The van der Waals surface area contributed by atoms with Crippen LogP contribution in [0.1, 0.15) is 6.92 Å². The number of nitrogens with one attached hydrogen (secondary N) is 1. The van der Waals surface area contributed by atoms with Crippen LogP contribution < -0.4 is 14.8 Å². The summed E-state index contributed by atoms with van der Waals surface area (Å²) in [5, 5.41) is 21.3. The Morgan fingerprint density at radius 3 is 2.24 bits per heavy atom. The highest BCUT2D eigenvalue weighted by atomic mass is 16.5. The molecule has 0 aliphatic carbocycles. The molecule has 1 heterocycles. The summed E-state index contributed by atoms with van der Waals surface area (Å²) in [4.78, 5) is 8.04. The molecule has 7 nitrogen and oxygen atoms in total. The second-order valence-corrected chi connectivity index (χ2v) is 3.78. The number of nitrogens with zero attached hydrogens (tertiary/aromatic N) is 2. The summed E-state index contributed by atoms with van der Waals surface area (Å²) in [5.74, 6) is 0.959. The molecular weight excluding hydrogens is 226 g/mol. The minimum Gasteiger partial charge on any atom is -0.481 e. The van der Waals surface area contributed by atoms with Gasteiger partial charge in [0.25, 0.3) is 0 Å². The van der Waals surface area contributed by atoms with E-state index in [0.717, 1.165) is 0 Å². The summed E-state index contributed by atoms with van der Waals surface area (Å²) in [7, 11) is 2.96. The van der Waals surface area contributed by atoms with Crippen LogP contribution in [0.15, 0.2) is 6.07 Å². The van der Waals surface area contributed by atoms with Crippen LogP contribution >= 0.6 is 0 Å². The Morgan fingerprint density at radius 2 is 1.82 bits per heavy atom. The summed E-state index contributed by atoms with van der Waals surface area (Å²) >= 11 is 0. The van der Waals surface area contributed by atoms with E-state index < -0.39 is 5.60 Å². The maximum atomic E-state index is 9.61. The first-order valence-electron chi connectivity index (χ1n) is 5.05. The monoisotopic (exact) mass is 243 g/mol. The molecule has 0 amide bonds. The fourth-order valence-electron chi connectivity index (χ4n) is 1.02. The van der Waals surface area contributed by atoms with Gasteiger partial charge in [-0.3, -0.25) is 0 Å². The van der Waals surface area contributed by atoms with E-state index in [2.05, 4.69) is 15.3 Å². The van der Waals surface area contributed by atoms with Gasteiger partial charge < -0.3 is 25.0 Å². The Labute approximate surface area is 99.4 Å². The van der Waals surface area contributed by atoms with Gasteiger partial charge in [-0.15, -0.1) is 0 Å². The lowest BCUT2D eigenvalue weighted by atomic mass is 10.1. The van der Waals surface area contributed by atoms with Gasteiger partial charge in [0.2, 0.25) is 17.7 Å². The van der Waals surface area contributed by atoms with Crippen molar-refractivity contribution in [1.29, 1.82) is 0 Å². The molecule has 1 aromatic heterocycles. The van der Waals surface area contributed by atoms with Gasteiger partial charge in [0.15, 0.2) is 0 Å². The summed E-state index contributed by atoms with van der Waals surface area (Å²) in [5.41, 5.74) is -1.24. The molecular formula is C10H17N3O4. The molecule has 17 heavy (non-hydrogen) atoms. The fourth-order valence-corrected chi connectivity index (χ4v) is 1.02. The molecule has 1 atom stereocenters. The number of methoxy groups -OCH3 is 2. The third kappa shape index (κ3) is 4.04. The van der Waals surface area contributed by atoms with Crippen molar-refractivity contribution in [2.75, 3.05) is 32.7 Å². The molecule has 1 rings (SSSR count). The van der Waals surface area contributed by atoms with Crippen molar-refractivity contribution < 1.29 is 19.7 Å². The first-order chi connectivity index (χ1) is 8.00. The number of aliphatic hydroxyl groups excluding tert-OH is 1. The number of hydrogen-bond acceptors (Lipinski definition) is 7. The molecule has 1 aromatic rings. The highest BCUT2D eigenvalue weighted by Gasteiger charge is 2.19. The van der Waals surface area contributed by atoms with E-state index in [-0.39, 0.29) is 19.1 Å². The maximum Gasteiger partial charge on any atom is 0.229 e. The largest absolute Gasteiger partial charge is 0.481 e. The van der Waals surface area contributed by atoms with E-state index in [1.165, 1.54) is 27.2 Å². The van der Waals surface area contributed by atoms with Gasteiger partial charge in [-0.1, -0.05) is 0 Å². The van der Waals surface area contributed by atoms with Crippen molar-refractivity contribution in [2.45, 2.75) is 12.5 Å². The summed E-state index contributed by atoms with van der Waals surface area (Å²) in [6, 6.07) is 1.54. The Hall–Kier alpha value is -1.60. The summed E-state index contributed by atoms with van der Waals surface area (Å²) in [6.45, 7) is 1.25. The quantitative estimate of drug-likeness (QED) is 0.628. The van der Waals surface area contributed by atoms with Crippen LogP contribution in [-0.2, 0) is 0 Å². The van der Waals surface area contributed by atoms with Crippen molar-refractivity contribution >= 4 is 5.95 Å². The van der Waals surface area contributed by atoms with E-state index >= 15 is 0 Å². The van der Waals surface area contributed by atoms with Crippen LogP contribution in [0.3, 0.4) is 0 Å². The van der Waals surface area contributed by atoms with Gasteiger partial charge in [-0.2, -0.15) is 9.97 Å². The predicted molar refractivity (Wildman–Crippen MR) is 61.3 cm³/mol. The first-order valence-corrected chi connectivity index (χ1v) is 5.05. The maximum absolute atomic E-state index is 9.61. The summed E-state index contributed by atoms with van der Waals surface area (Å²) in [6.07, 6.45) is 0. The van der Waals surface area contributed by atoms with Gasteiger partial charge >= 0.3 is 0 Å². The Kier molecular flexibility index (Phi) is 4.47. The molecule has 3 N–H and O–H groups in total. The minimum atomic E-state index is -1.24. The molecule has 0 fully saturated rings. The van der Waals surface area contributed by atoms with Crippen LogP contribution in [0.4, 0.5) is 5.95 Å². The molecule has 1 unspecified atom stereocenters. The fraction of sp³-hybridized carbons (Fsp3) is 0.600. The van der Waals surface area contributed by atoms with E-state index in [0.29, 0.717) is 11.8 Å². The van der Waals surface area contributed by atoms with Crippen molar-refractivity contribution in [3.8, 4) is 11.8 Å². The number of rotatable bonds is 6. The van der Waals surface area contributed by atoms with Crippen LogP contribution in [0.5, 0.6) is 11.8 Å². The zero-order valence-corrected chi connectivity index (χ0v) is 10.1. The highest BCUT2D eigenvalue weighted by molar-refractivity contribution is 5.33. The topological polar surface area (TPSA) is 96.7 Å². The highest BCUT2D eigenvalue weighted by Crippen LogP contribution is 2.17. The Morgan fingerprint density at radius 1 is 1.29 bits per heavy atom. The van der Waals surface area contributed by atoms with E-state index in [9.17, 15) is 5.11 Å². The number of aliphatic hydroxyl groups is 2. The number of anilines is 1. The van der Waals surface area contributed by atoms with Gasteiger partial charge in [-0.25, -0.2) is 0 Å². The molecule has 0 aliphatic heterocycles. The van der Waals surface area contributed by atoms with E-state index in [4.69, 9.17) is 14.6 Å². The number of aromatic nitrogens is 2.